The summed E-state index contributed by atoms with van der Waals surface area (Å²) in [7, 11) is 0. The van der Waals surface area contributed by atoms with Gasteiger partial charge >= 0.3 is 0 Å². The number of H-pyrrole nitrogens is 1. The van der Waals surface area contributed by atoms with Crippen LogP contribution in [-0.2, 0) is 0 Å². The summed E-state index contributed by atoms with van der Waals surface area (Å²) in [4.78, 5) is 22.1. The molecule has 140 valence electrons. The van der Waals surface area contributed by atoms with E-state index in [0.29, 0.717) is 0 Å². The summed E-state index contributed by atoms with van der Waals surface area (Å²) in [6, 6.07) is 20.5. The van der Waals surface area contributed by atoms with Gasteiger partial charge in [-0.15, -0.1) is 0 Å². The van der Waals surface area contributed by atoms with Crippen molar-refractivity contribution in [1.82, 2.24) is 19.9 Å². The smallest absolute Gasteiger partial charge is 0.203 e. The number of nitrogens with one attached hydrogen (secondary N) is 1. The predicted molar refractivity (Wildman–Crippen MR) is 113 cm³/mol. The number of para-hydroxylation sites is 2. The van der Waals surface area contributed by atoms with Crippen molar-refractivity contribution in [3.05, 3.63) is 66.5 Å². The highest BCUT2D eigenvalue weighted by Gasteiger charge is 2.21. The molecule has 0 radical (unpaired) electrons. The third-order valence-corrected chi connectivity index (χ3v) is 5.17. The lowest BCUT2D eigenvalue weighted by atomic mass is 10.1. The Bertz CT molecular complexity index is 1060. The van der Waals surface area contributed by atoms with E-state index in [9.17, 15) is 0 Å². The second kappa shape index (κ2) is 6.96. The Labute approximate surface area is 163 Å². The van der Waals surface area contributed by atoms with Crippen LogP contribution in [-0.4, -0.2) is 46.1 Å². The number of piperazine rings is 1. The van der Waals surface area contributed by atoms with E-state index in [1.54, 1.807) is 0 Å². The number of fused-ring (bicyclic) bond motifs is 1. The molecule has 5 rings (SSSR count). The molecule has 4 aromatic rings. The molecule has 0 amide bonds. The molecular weight excluding hydrogens is 348 g/mol. The lowest BCUT2D eigenvalue weighted by Crippen LogP contribution is -2.47. The Morgan fingerprint density at radius 1 is 0.786 bits per heavy atom. The van der Waals surface area contributed by atoms with E-state index in [4.69, 9.17) is 4.98 Å². The van der Waals surface area contributed by atoms with E-state index in [1.807, 2.05) is 43.3 Å². The molecule has 2 aromatic heterocycles. The first kappa shape index (κ1) is 16.7. The second-order valence-electron chi connectivity index (χ2n) is 7.08. The molecule has 0 atom stereocenters. The number of anilines is 2. The van der Waals surface area contributed by atoms with Gasteiger partial charge in [0, 0.05) is 37.8 Å². The zero-order chi connectivity index (χ0) is 18.9. The summed E-state index contributed by atoms with van der Waals surface area (Å²) in [6.07, 6.45) is 0. The molecule has 28 heavy (non-hydrogen) atoms. The van der Waals surface area contributed by atoms with Crippen LogP contribution in [0.5, 0.6) is 0 Å². The Hall–Kier alpha value is -3.41. The summed E-state index contributed by atoms with van der Waals surface area (Å²) in [6.45, 7) is 5.58. The molecule has 0 bridgehead atoms. The third kappa shape index (κ3) is 3.17. The highest BCUT2D eigenvalue weighted by atomic mass is 15.3. The fourth-order valence-corrected chi connectivity index (χ4v) is 3.71. The van der Waals surface area contributed by atoms with Crippen LogP contribution in [0.2, 0.25) is 0 Å². The number of benzene rings is 2. The van der Waals surface area contributed by atoms with Crippen molar-refractivity contribution < 1.29 is 0 Å². The second-order valence-corrected chi connectivity index (χ2v) is 7.08. The maximum Gasteiger partial charge on any atom is 0.203 e. The minimum Gasteiger partial charge on any atom is -0.353 e. The van der Waals surface area contributed by atoms with Crippen molar-refractivity contribution >= 4 is 22.8 Å². The van der Waals surface area contributed by atoms with Crippen molar-refractivity contribution in [2.24, 2.45) is 0 Å². The van der Waals surface area contributed by atoms with Crippen LogP contribution in [0.1, 0.15) is 5.82 Å². The summed E-state index contributed by atoms with van der Waals surface area (Å²) >= 11 is 0. The Balaban J connectivity index is 1.34. The van der Waals surface area contributed by atoms with Gasteiger partial charge in [0.05, 0.1) is 16.7 Å². The van der Waals surface area contributed by atoms with E-state index in [-0.39, 0.29) is 0 Å². The van der Waals surface area contributed by atoms with E-state index >= 15 is 0 Å². The van der Waals surface area contributed by atoms with Gasteiger partial charge in [0.2, 0.25) is 5.95 Å². The van der Waals surface area contributed by atoms with Gasteiger partial charge in [-0.3, -0.25) is 0 Å². The quantitative estimate of drug-likeness (QED) is 0.596. The fourth-order valence-electron chi connectivity index (χ4n) is 3.71. The molecule has 6 heteroatoms. The van der Waals surface area contributed by atoms with Crippen molar-refractivity contribution in [3.8, 4) is 11.3 Å². The van der Waals surface area contributed by atoms with Crippen molar-refractivity contribution in [3.63, 3.8) is 0 Å². The van der Waals surface area contributed by atoms with Crippen LogP contribution < -0.4 is 9.80 Å². The van der Waals surface area contributed by atoms with Gasteiger partial charge in [0.1, 0.15) is 11.6 Å². The number of imidazole rings is 1. The molecule has 0 saturated carbocycles. The van der Waals surface area contributed by atoms with Gasteiger partial charge in [-0.1, -0.05) is 42.5 Å². The minimum absolute atomic E-state index is 0.802. The van der Waals surface area contributed by atoms with Crippen LogP contribution >= 0.6 is 0 Å². The van der Waals surface area contributed by atoms with Crippen molar-refractivity contribution in [2.45, 2.75) is 6.92 Å². The van der Waals surface area contributed by atoms with Crippen LogP contribution in [0.4, 0.5) is 11.8 Å². The normalized spacial score (nSPS) is 14.6. The summed E-state index contributed by atoms with van der Waals surface area (Å²) in [5.74, 6) is 2.75. The number of aromatic amines is 1. The van der Waals surface area contributed by atoms with Gasteiger partial charge in [0.15, 0.2) is 0 Å². The highest BCUT2D eigenvalue weighted by Crippen LogP contribution is 2.24. The van der Waals surface area contributed by atoms with E-state index in [0.717, 1.165) is 66.1 Å². The maximum absolute atomic E-state index is 4.73. The summed E-state index contributed by atoms with van der Waals surface area (Å²) < 4.78 is 0. The number of aromatic nitrogens is 4. The van der Waals surface area contributed by atoms with Crippen LogP contribution in [0.15, 0.2) is 60.7 Å². The summed E-state index contributed by atoms with van der Waals surface area (Å²) in [5.41, 5.74) is 4.19. The molecule has 0 spiro atoms. The standard InChI is InChI=1S/C22H22N6/c1-16-23-20(17-7-3-2-4-8-17)15-21(24-16)27-11-13-28(14-12-27)22-25-18-9-5-6-10-19(18)26-22/h2-10,15H,11-14H2,1H3,(H,25,26). The molecule has 1 aliphatic heterocycles. The van der Waals surface area contributed by atoms with E-state index in [2.05, 4.69) is 49.0 Å². The van der Waals surface area contributed by atoms with Gasteiger partial charge in [-0.2, -0.15) is 0 Å². The zero-order valence-electron chi connectivity index (χ0n) is 15.8. The van der Waals surface area contributed by atoms with Crippen LogP contribution in [0.3, 0.4) is 0 Å². The Morgan fingerprint density at radius 2 is 1.50 bits per heavy atom. The number of hydrogen-bond donors (Lipinski definition) is 1. The molecule has 0 unspecified atom stereocenters. The zero-order valence-corrected chi connectivity index (χ0v) is 15.8. The molecule has 2 aromatic carbocycles. The molecule has 1 aliphatic rings. The Kier molecular flexibility index (Phi) is 4.16. The number of aryl methyl sites for hydroxylation is 1. The highest BCUT2D eigenvalue weighted by molar-refractivity contribution is 5.77. The topological polar surface area (TPSA) is 60.9 Å². The van der Waals surface area contributed by atoms with Gasteiger partial charge < -0.3 is 14.8 Å². The van der Waals surface area contributed by atoms with Gasteiger partial charge in [-0.05, 0) is 19.1 Å². The van der Waals surface area contributed by atoms with Crippen LogP contribution in [0.25, 0.3) is 22.3 Å². The fraction of sp³-hybridized carbons (Fsp3) is 0.227. The average molecular weight is 370 g/mol. The predicted octanol–water partition coefficient (Wildman–Crippen LogP) is 3.65. The molecule has 3 heterocycles. The Morgan fingerprint density at radius 3 is 2.29 bits per heavy atom. The maximum atomic E-state index is 4.73. The van der Waals surface area contributed by atoms with Gasteiger partial charge in [0.25, 0.3) is 0 Å². The van der Waals surface area contributed by atoms with Gasteiger partial charge in [-0.25, -0.2) is 15.0 Å². The van der Waals surface area contributed by atoms with Crippen molar-refractivity contribution in [2.75, 3.05) is 36.0 Å². The van der Waals surface area contributed by atoms with E-state index < -0.39 is 0 Å². The first-order chi connectivity index (χ1) is 13.8. The molecule has 1 fully saturated rings. The molecular formula is C22H22N6. The van der Waals surface area contributed by atoms with Crippen LogP contribution in [0, 0.1) is 6.92 Å². The summed E-state index contributed by atoms with van der Waals surface area (Å²) in [5, 5.41) is 0. The number of nitrogens with zero attached hydrogens (tertiary/aromatic N) is 5. The number of hydrogen-bond acceptors (Lipinski definition) is 5. The SMILES string of the molecule is Cc1nc(-c2ccccc2)cc(N2CCN(c3nc4ccccc4[nH]3)CC2)n1. The monoisotopic (exact) mass is 370 g/mol. The molecule has 0 aliphatic carbocycles. The number of rotatable bonds is 3. The lowest BCUT2D eigenvalue weighted by Gasteiger charge is -2.35. The van der Waals surface area contributed by atoms with Crippen molar-refractivity contribution in [1.29, 1.82) is 0 Å². The largest absolute Gasteiger partial charge is 0.353 e. The average Bonchev–Trinajstić information content (AvgIpc) is 3.18. The van der Waals surface area contributed by atoms with E-state index in [1.165, 1.54) is 0 Å². The first-order valence-corrected chi connectivity index (χ1v) is 9.62. The minimum atomic E-state index is 0.802. The molecule has 1 N–H and O–H groups in total. The lowest BCUT2D eigenvalue weighted by molar-refractivity contribution is 0.636. The first-order valence-electron chi connectivity index (χ1n) is 9.62. The third-order valence-electron chi connectivity index (χ3n) is 5.17. The molecule has 1 saturated heterocycles. The molecule has 6 nitrogen and oxygen atoms in total.